The van der Waals surface area contributed by atoms with Gasteiger partial charge in [0.2, 0.25) is 5.91 Å². The molecule has 0 saturated heterocycles. The Morgan fingerprint density at radius 2 is 2.16 bits per heavy atom. The van der Waals surface area contributed by atoms with Crippen LogP contribution >= 0.6 is 0 Å². The fourth-order valence-electron chi connectivity index (χ4n) is 1.30. The molecule has 0 aliphatic rings. The average Bonchev–Trinajstić information content (AvgIpc) is 2.35. The molecule has 1 atom stereocenters. The van der Waals surface area contributed by atoms with Gasteiger partial charge in [-0.05, 0) is 12.1 Å². The molecule has 1 rings (SSSR count). The number of hydrogen-bond acceptors (Lipinski definition) is 3. The predicted molar refractivity (Wildman–Crippen MR) is 65.5 cm³/mol. The van der Waals surface area contributed by atoms with E-state index in [9.17, 15) is 17.8 Å². The van der Waals surface area contributed by atoms with Crippen LogP contribution in [0.15, 0.2) is 23.1 Å². The third kappa shape index (κ3) is 4.41. The minimum atomic E-state index is -1.88. The molecule has 0 aliphatic carbocycles. The second kappa shape index (κ2) is 6.95. The van der Waals surface area contributed by atoms with E-state index in [1.165, 1.54) is 11.9 Å². The molecule has 1 aromatic carbocycles. The Hall–Kier alpha value is -1.81. The quantitative estimate of drug-likeness (QED) is 0.823. The van der Waals surface area contributed by atoms with Gasteiger partial charge in [0.15, 0.2) is 0 Å². The first-order valence-electron chi connectivity index (χ1n) is 5.40. The van der Waals surface area contributed by atoms with Crippen molar-refractivity contribution in [2.75, 3.05) is 19.3 Å². The predicted octanol–water partition coefficient (Wildman–Crippen LogP) is 1.44. The van der Waals surface area contributed by atoms with Gasteiger partial charge in [-0.25, -0.2) is 8.78 Å². The lowest BCUT2D eigenvalue weighted by atomic mass is 10.3. The molecule has 0 radical (unpaired) electrons. The molecular weight excluding hydrogens is 274 g/mol. The van der Waals surface area contributed by atoms with Crippen LogP contribution in [0.4, 0.5) is 8.78 Å². The number of amides is 1. The van der Waals surface area contributed by atoms with Gasteiger partial charge in [0.05, 0.1) is 28.2 Å². The number of carbonyl (C=O) groups excluding carboxylic acids is 1. The Morgan fingerprint density at radius 3 is 2.74 bits per heavy atom. The summed E-state index contributed by atoms with van der Waals surface area (Å²) in [7, 11) is -0.405. The Labute approximate surface area is 112 Å². The second-order valence-corrected chi connectivity index (χ2v) is 5.21. The van der Waals surface area contributed by atoms with E-state index in [-0.39, 0.29) is 17.9 Å². The van der Waals surface area contributed by atoms with E-state index in [0.29, 0.717) is 6.07 Å². The number of carbonyl (C=O) groups is 1. The first kappa shape index (κ1) is 15.2. The number of hydrogen-bond donors (Lipinski definition) is 0. The van der Waals surface area contributed by atoms with Crippen LogP contribution in [0.25, 0.3) is 0 Å². The summed E-state index contributed by atoms with van der Waals surface area (Å²) in [6.07, 6.45) is 0.166. The van der Waals surface area contributed by atoms with Gasteiger partial charge in [0, 0.05) is 19.7 Å². The molecule has 0 aliphatic heterocycles. The van der Waals surface area contributed by atoms with Crippen molar-refractivity contribution in [3.63, 3.8) is 0 Å². The van der Waals surface area contributed by atoms with Crippen molar-refractivity contribution < 1.29 is 17.8 Å². The molecule has 0 saturated carbocycles. The number of nitrogens with zero attached hydrogens (tertiary/aromatic N) is 2. The second-order valence-electron chi connectivity index (χ2n) is 3.79. The van der Waals surface area contributed by atoms with Crippen molar-refractivity contribution in [1.29, 1.82) is 5.26 Å². The lowest BCUT2D eigenvalue weighted by Crippen LogP contribution is -2.31. The van der Waals surface area contributed by atoms with Gasteiger partial charge in [0.1, 0.15) is 17.4 Å². The largest absolute Gasteiger partial charge is 0.344 e. The summed E-state index contributed by atoms with van der Waals surface area (Å²) in [5.74, 6) is -2.57. The van der Waals surface area contributed by atoms with Crippen LogP contribution in [0.5, 0.6) is 0 Å². The standard InChI is InChI=1S/C12H12F2N2O2S/c1-16(6-2-5-15)12(17)8-19(18)11-4-3-9(13)7-10(11)14/h3-4,7H,2,6,8H2,1H3. The first-order valence-corrected chi connectivity index (χ1v) is 6.72. The van der Waals surface area contributed by atoms with E-state index >= 15 is 0 Å². The molecule has 0 bridgehead atoms. The lowest BCUT2D eigenvalue weighted by Gasteiger charge is -2.15. The highest BCUT2D eigenvalue weighted by Crippen LogP contribution is 2.14. The molecule has 0 aromatic heterocycles. The molecule has 19 heavy (non-hydrogen) atoms. The number of halogens is 2. The monoisotopic (exact) mass is 286 g/mol. The van der Waals surface area contributed by atoms with Gasteiger partial charge in [-0.15, -0.1) is 0 Å². The van der Waals surface area contributed by atoms with Crippen molar-refractivity contribution in [3.05, 3.63) is 29.8 Å². The highest BCUT2D eigenvalue weighted by molar-refractivity contribution is 7.85. The van der Waals surface area contributed by atoms with Crippen LogP contribution in [0, 0.1) is 23.0 Å². The molecule has 0 fully saturated rings. The van der Waals surface area contributed by atoms with E-state index in [0.717, 1.165) is 12.1 Å². The van der Waals surface area contributed by atoms with Gasteiger partial charge in [-0.2, -0.15) is 5.26 Å². The van der Waals surface area contributed by atoms with Crippen molar-refractivity contribution in [3.8, 4) is 6.07 Å². The topological polar surface area (TPSA) is 61.2 Å². The van der Waals surface area contributed by atoms with Crippen LogP contribution in [0.3, 0.4) is 0 Å². The Kier molecular flexibility index (Phi) is 5.57. The minimum absolute atomic E-state index is 0.166. The molecular formula is C12H12F2N2O2S. The number of nitriles is 1. The van der Waals surface area contributed by atoms with E-state index < -0.39 is 34.1 Å². The molecule has 0 spiro atoms. The number of rotatable bonds is 5. The SMILES string of the molecule is CN(CCC#N)C(=O)CS(=O)c1ccc(F)cc1F. The smallest absolute Gasteiger partial charge is 0.235 e. The molecule has 1 amide bonds. The minimum Gasteiger partial charge on any atom is -0.344 e. The Bertz CT molecular complexity index is 543. The van der Waals surface area contributed by atoms with E-state index in [1.807, 2.05) is 6.07 Å². The number of benzene rings is 1. The van der Waals surface area contributed by atoms with Gasteiger partial charge >= 0.3 is 0 Å². The van der Waals surface area contributed by atoms with Crippen LogP contribution in [0.2, 0.25) is 0 Å². The van der Waals surface area contributed by atoms with E-state index in [2.05, 4.69) is 0 Å². The van der Waals surface area contributed by atoms with Gasteiger partial charge in [-0.3, -0.25) is 9.00 Å². The average molecular weight is 286 g/mol. The van der Waals surface area contributed by atoms with Crippen molar-refractivity contribution >= 4 is 16.7 Å². The summed E-state index contributed by atoms with van der Waals surface area (Å²) in [4.78, 5) is 12.7. The summed E-state index contributed by atoms with van der Waals surface area (Å²) in [6, 6.07) is 4.55. The van der Waals surface area contributed by atoms with E-state index in [1.54, 1.807) is 0 Å². The molecule has 102 valence electrons. The van der Waals surface area contributed by atoms with Gasteiger partial charge < -0.3 is 4.90 Å². The maximum absolute atomic E-state index is 13.4. The lowest BCUT2D eigenvalue weighted by molar-refractivity contribution is -0.127. The van der Waals surface area contributed by atoms with Crippen molar-refractivity contribution in [1.82, 2.24) is 4.90 Å². The fourth-order valence-corrected chi connectivity index (χ4v) is 2.40. The zero-order valence-corrected chi connectivity index (χ0v) is 11.0. The van der Waals surface area contributed by atoms with E-state index in [4.69, 9.17) is 5.26 Å². The maximum Gasteiger partial charge on any atom is 0.235 e. The van der Waals surface area contributed by atoms with Crippen LogP contribution in [-0.4, -0.2) is 34.4 Å². The molecule has 0 N–H and O–H groups in total. The zero-order valence-electron chi connectivity index (χ0n) is 10.2. The third-order valence-corrected chi connectivity index (χ3v) is 3.71. The van der Waals surface area contributed by atoms with Gasteiger partial charge in [-0.1, -0.05) is 0 Å². The molecule has 7 heteroatoms. The zero-order chi connectivity index (χ0) is 14.4. The summed E-state index contributed by atoms with van der Waals surface area (Å²) in [5.41, 5.74) is 0. The maximum atomic E-state index is 13.4. The van der Waals surface area contributed by atoms with Crippen LogP contribution in [-0.2, 0) is 15.6 Å². The first-order chi connectivity index (χ1) is 8.95. The third-order valence-electron chi connectivity index (χ3n) is 2.38. The molecule has 4 nitrogen and oxygen atoms in total. The van der Waals surface area contributed by atoms with Crippen LogP contribution in [0.1, 0.15) is 6.42 Å². The molecule has 1 unspecified atom stereocenters. The summed E-state index contributed by atoms with van der Waals surface area (Å²) in [5, 5.41) is 8.39. The summed E-state index contributed by atoms with van der Waals surface area (Å²) in [6.45, 7) is 0.221. The van der Waals surface area contributed by atoms with Crippen LogP contribution < -0.4 is 0 Å². The van der Waals surface area contributed by atoms with Gasteiger partial charge in [0.25, 0.3) is 0 Å². The Balaban J connectivity index is 2.69. The molecule has 1 aromatic rings. The van der Waals surface area contributed by atoms with Crippen molar-refractivity contribution in [2.45, 2.75) is 11.3 Å². The summed E-state index contributed by atoms with van der Waals surface area (Å²) < 4.78 is 37.9. The normalized spacial score (nSPS) is 11.7. The highest BCUT2D eigenvalue weighted by Gasteiger charge is 2.17. The summed E-state index contributed by atoms with van der Waals surface area (Å²) >= 11 is 0. The molecule has 0 heterocycles. The fraction of sp³-hybridized carbons (Fsp3) is 0.333. The highest BCUT2D eigenvalue weighted by atomic mass is 32.2. The van der Waals surface area contributed by atoms with Crippen molar-refractivity contribution in [2.24, 2.45) is 0 Å². The Morgan fingerprint density at radius 1 is 1.47 bits per heavy atom.